The lowest BCUT2D eigenvalue weighted by Crippen LogP contribution is -2.63. The SMILES string of the molecule is C=CCCCOC1(C(=O)OC)CCCCC12OCCO2. The molecule has 1 heterocycles. The fraction of sp³-hybridized carbons (Fsp3) is 0.800. The van der Waals surface area contributed by atoms with Gasteiger partial charge in [-0.3, -0.25) is 0 Å². The molecule has 0 aromatic carbocycles. The number of hydrogen-bond acceptors (Lipinski definition) is 5. The van der Waals surface area contributed by atoms with Crippen molar-refractivity contribution in [3.8, 4) is 0 Å². The number of methoxy groups -OCH3 is 1. The van der Waals surface area contributed by atoms with Gasteiger partial charge in [-0.15, -0.1) is 6.58 Å². The van der Waals surface area contributed by atoms with Crippen molar-refractivity contribution in [1.82, 2.24) is 0 Å². The van der Waals surface area contributed by atoms with Crippen LogP contribution in [0.2, 0.25) is 0 Å². The molecule has 2 aliphatic rings. The maximum atomic E-state index is 12.4. The molecule has 0 amide bonds. The van der Waals surface area contributed by atoms with Gasteiger partial charge in [-0.1, -0.05) is 6.08 Å². The van der Waals surface area contributed by atoms with Gasteiger partial charge >= 0.3 is 5.97 Å². The molecule has 20 heavy (non-hydrogen) atoms. The standard InChI is InChI=1S/C15H24O5/c1-3-4-7-10-18-14(13(16)17-2)8-5-6-9-15(14)19-11-12-20-15/h3H,1,4-12H2,2H3. The molecule has 1 saturated heterocycles. The number of esters is 1. The Morgan fingerprint density at radius 3 is 2.65 bits per heavy atom. The second-order valence-corrected chi connectivity index (χ2v) is 5.25. The Labute approximate surface area is 120 Å². The van der Waals surface area contributed by atoms with Crippen LogP contribution >= 0.6 is 0 Å². The van der Waals surface area contributed by atoms with Crippen LogP contribution in [0.25, 0.3) is 0 Å². The minimum Gasteiger partial charge on any atom is -0.467 e. The average Bonchev–Trinajstić information content (AvgIpc) is 2.94. The van der Waals surface area contributed by atoms with Crippen LogP contribution in [0, 0.1) is 0 Å². The third kappa shape index (κ3) is 2.62. The largest absolute Gasteiger partial charge is 0.467 e. The molecule has 1 aliphatic carbocycles. The van der Waals surface area contributed by atoms with Crippen molar-refractivity contribution in [2.24, 2.45) is 0 Å². The van der Waals surface area contributed by atoms with Gasteiger partial charge in [0.15, 0.2) is 0 Å². The monoisotopic (exact) mass is 284 g/mol. The van der Waals surface area contributed by atoms with E-state index < -0.39 is 17.4 Å². The molecule has 1 saturated carbocycles. The average molecular weight is 284 g/mol. The number of carbonyl (C=O) groups is 1. The van der Waals surface area contributed by atoms with Gasteiger partial charge < -0.3 is 18.9 Å². The summed E-state index contributed by atoms with van der Waals surface area (Å²) in [6.45, 7) is 5.15. The van der Waals surface area contributed by atoms with Crippen molar-refractivity contribution in [3.05, 3.63) is 12.7 Å². The van der Waals surface area contributed by atoms with Gasteiger partial charge in [-0.2, -0.15) is 0 Å². The summed E-state index contributed by atoms with van der Waals surface area (Å²) in [5.41, 5.74) is -1.13. The maximum absolute atomic E-state index is 12.4. The smallest absolute Gasteiger partial charge is 0.343 e. The van der Waals surface area contributed by atoms with Gasteiger partial charge in [-0.05, 0) is 32.1 Å². The molecular weight excluding hydrogens is 260 g/mol. The Kier molecular flexibility index (Phi) is 5.18. The topological polar surface area (TPSA) is 54.0 Å². The molecule has 0 N–H and O–H groups in total. The van der Waals surface area contributed by atoms with E-state index in [1.54, 1.807) is 0 Å². The number of carbonyl (C=O) groups excluding carboxylic acids is 1. The van der Waals surface area contributed by atoms with Crippen molar-refractivity contribution in [1.29, 1.82) is 0 Å². The summed E-state index contributed by atoms with van der Waals surface area (Å²) in [6, 6.07) is 0. The Hall–Kier alpha value is -0.910. The van der Waals surface area contributed by atoms with Gasteiger partial charge in [0.1, 0.15) is 0 Å². The molecule has 5 nitrogen and oxygen atoms in total. The number of allylic oxidation sites excluding steroid dienone is 1. The Morgan fingerprint density at radius 2 is 2.00 bits per heavy atom. The third-order valence-electron chi connectivity index (χ3n) is 4.07. The molecule has 1 aliphatic heterocycles. The van der Waals surface area contributed by atoms with Gasteiger partial charge in [0.2, 0.25) is 11.4 Å². The van der Waals surface area contributed by atoms with E-state index in [0.29, 0.717) is 32.7 Å². The highest BCUT2D eigenvalue weighted by molar-refractivity contribution is 5.81. The lowest BCUT2D eigenvalue weighted by molar-refractivity contribution is -0.297. The fourth-order valence-electron chi connectivity index (χ4n) is 3.09. The van der Waals surface area contributed by atoms with E-state index in [1.807, 2.05) is 6.08 Å². The van der Waals surface area contributed by atoms with Crippen LogP contribution in [0.1, 0.15) is 38.5 Å². The van der Waals surface area contributed by atoms with Gasteiger partial charge in [0.05, 0.1) is 20.3 Å². The highest BCUT2D eigenvalue weighted by Gasteiger charge is 2.63. The van der Waals surface area contributed by atoms with Gasteiger partial charge in [0.25, 0.3) is 0 Å². The van der Waals surface area contributed by atoms with E-state index in [9.17, 15) is 4.79 Å². The summed E-state index contributed by atoms with van der Waals surface area (Å²) >= 11 is 0. The van der Waals surface area contributed by atoms with E-state index in [-0.39, 0.29) is 0 Å². The molecule has 2 rings (SSSR count). The molecule has 1 spiro atoms. The summed E-state index contributed by atoms with van der Waals surface area (Å²) < 4.78 is 22.6. The molecular formula is C15H24O5. The summed E-state index contributed by atoms with van der Waals surface area (Å²) in [7, 11) is 1.38. The molecule has 0 aromatic heterocycles. The van der Waals surface area contributed by atoms with E-state index in [2.05, 4.69) is 6.58 Å². The number of rotatable bonds is 6. The predicted molar refractivity (Wildman–Crippen MR) is 73.2 cm³/mol. The van der Waals surface area contributed by atoms with Crippen LogP contribution < -0.4 is 0 Å². The first kappa shape index (κ1) is 15.5. The van der Waals surface area contributed by atoms with E-state index in [0.717, 1.165) is 25.7 Å². The Balaban J connectivity index is 2.18. The van der Waals surface area contributed by atoms with Crippen LogP contribution in [0.4, 0.5) is 0 Å². The van der Waals surface area contributed by atoms with Crippen LogP contribution in [-0.4, -0.2) is 44.3 Å². The highest BCUT2D eigenvalue weighted by Crippen LogP contribution is 2.46. The van der Waals surface area contributed by atoms with Gasteiger partial charge in [0, 0.05) is 13.0 Å². The molecule has 0 radical (unpaired) electrons. The number of unbranched alkanes of at least 4 members (excludes halogenated alkanes) is 1. The van der Waals surface area contributed by atoms with E-state index >= 15 is 0 Å². The summed E-state index contributed by atoms with van der Waals surface area (Å²) in [5.74, 6) is -1.36. The minimum absolute atomic E-state index is 0.391. The minimum atomic E-state index is -1.13. The van der Waals surface area contributed by atoms with E-state index in [4.69, 9.17) is 18.9 Å². The molecule has 5 heteroatoms. The highest BCUT2D eigenvalue weighted by atomic mass is 16.8. The maximum Gasteiger partial charge on any atom is 0.343 e. The summed E-state index contributed by atoms with van der Waals surface area (Å²) in [6.07, 6.45) is 6.63. The zero-order chi connectivity index (χ0) is 14.5. The Bertz CT molecular complexity index is 348. The van der Waals surface area contributed by atoms with Crippen LogP contribution in [-0.2, 0) is 23.7 Å². The second-order valence-electron chi connectivity index (χ2n) is 5.25. The van der Waals surface area contributed by atoms with Crippen LogP contribution in [0.3, 0.4) is 0 Å². The number of hydrogen-bond donors (Lipinski definition) is 0. The molecule has 1 unspecified atom stereocenters. The molecule has 0 aromatic rings. The molecule has 0 bridgehead atoms. The number of ether oxygens (including phenoxy) is 4. The first-order valence-electron chi connectivity index (χ1n) is 7.32. The van der Waals surface area contributed by atoms with Gasteiger partial charge in [-0.25, -0.2) is 4.79 Å². The fourth-order valence-corrected chi connectivity index (χ4v) is 3.09. The molecule has 1 atom stereocenters. The van der Waals surface area contributed by atoms with Crippen LogP contribution in [0.5, 0.6) is 0 Å². The van der Waals surface area contributed by atoms with Crippen LogP contribution in [0.15, 0.2) is 12.7 Å². The molecule has 2 fully saturated rings. The second kappa shape index (κ2) is 6.70. The first-order valence-corrected chi connectivity index (χ1v) is 7.32. The third-order valence-corrected chi connectivity index (χ3v) is 4.07. The lowest BCUT2D eigenvalue weighted by atomic mass is 9.78. The van der Waals surface area contributed by atoms with Crippen molar-refractivity contribution < 1.29 is 23.7 Å². The predicted octanol–water partition coefficient (Wildman–Crippen LogP) is 2.20. The first-order chi connectivity index (χ1) is 9.71. The zero-order valence-corrected chi connectivity index (χ0v) is 12.2. The van der Waals surface area contributed by atoms with Crippen molar-refractivity contribution in [2.75, 3.05) is 26.9 Å². The summed E-state index contributed by atoms with van der Waals surface area (Å²) in [5, 5.41) is 0. The normalized spacial score (nSPS) is 28.4. The lowest BCUT2D eigenvalue weighted by Gasteiger charge is -2.46. The Morgan fingerprint density at radius 1 is 1.30 bits per heavy atom. The quantitative estimate of drug-likeness (QED) is 0.425. The van der Waals surface area contributed by atoms with Crippen molar-refractivity contribution in [2.45, 2.75) is 49.9 Å². The van der Waals surface area contributed by atoms with Crippen molar-refractivity contribution >= 4 is 5.97 Å². The van der Waals surface area contributed by atoms with E-state index in [1.165, 1.54) is 7.11 Å². The summed E-state index contributed by atoms with van der Waals surface area (Å²) in [4.78, 5) is 12.4. The molecule has 114 valence electrons. The zero-order valence-electron chi connectivity index (χ0n) is 12.2. The van der Waals surface area contributed by atoms with Crippen molar-refractivity contribution in [3.63, 3.8) is 0 Å².